The Morgan fingerprint density at radius 2 is 1.93 bits per heavy atom. The maximum Gasteiger partial charge on any atom is 0.338 e. The second-order valence-electron chi connectivity index (χ2n) is 6.66. The van der Waals surface area contributed by atoms with Crippen molar-refractivity contribution in [2.75, 3.05) is 26.1 Å². The van der Waals surface area contributed by atoms with E-state index in [1.807, 2.05) is 54.0 Å². The lowest BCUT2D eigenvalue weighted by atomic mass is 9.94. The summed E-state index contributed by atoms with van der Waals surface area (Å²) in [6.45, 7) is 3.94. The van der Waals surface area contributed by atoms with Crippen LogP contribution in [-0.4, -0.2) is 36.3 Å². The zero-order valence-electron chi connectivity index (χ0n) is 16.9. The number of fused-ring (bicyclic) bond motifs is 3. The smallest absolute Gasteiger partial charge is 0.338 e. The number of para-hydroxylation sites is 3. The largest absolute Gasteiger partial charge is 0.493 e. The van der Waals surface area contributed by atoms with Crippen molar-refractivity contribution < 1.29 is 19.0 Å². The summed E-state index contributed by atoms with van der Waals surface area (Å²) < 4.78 is 18.6. The first kappa shape index (κ1) is 18.9. The van der Waals surface area contributed by atoms with Crippen molar-refractivity contribution in [3.05, 3.63) is 59.3 Å². The molecule has 1 aromatic heterocycles. The van der Waals surface area contributed by atoms with Gasteiger partial charge in [-0.05, 0) is 32.0 Å². The highest BCUT2D eigenvalue weighted by molar-refractivity contribution is 5.94. The molecular weight excluding hydrogens is 370 g/mol. The molecule has 1 aliphatic rings. The molecule has 0 radical (unpaired) electrons. The number of anilines is 1. The third-order valence-corrected chi connectivity index (χ3v) is 5.05. The number of aromatic nitrogens is 2. The van der Waals surface area contributed by atoms with Crippen molar-refractivity contribution in [1.29, 1.82) is 0 Å². The standard InChI is InChI=1S/C22H23N3O4/c1-5-29-21(26)18-13(2)23-22-24-15-10-6-7-11-16(15)25(22)19(18)14-9-8-12-17(27-3)20(14)28-4/h6-12,19H,5H2,1-4H3,(H,23,24). The Balaban J connectivity index is 2.04. The summed E-state index contributed by atoms with van der Waals surface area (Å²) in [6, 6.07) is 13.0. The molecule has 0 saturated carbocycles. The first-order valence-corrected chi connectivity index (χ1v) is 9.43. The van der Waals surface area contributed by atoms with Gasteiger partial charge in [0.25, 0.3) is 0 Å². The number of hydrogen-bond acceptors (Lipinski definition) is 6. The van der Waals surface area contributed by atoms with Gasteiger partial charge in [-0.1, -0.05) is 24.3 Å². The van der Waals surface area contributed by atoms with Gasteiger partial charge < -0.3 is 19.5 Å². The first-order chi connectivity index (χ1) is 14.1. The van der Waals surface area contributed by atoms with Crippen molar-refractivity contribution in [1.82, 2.24) is 9.55 Å². The minimum Gasteiger partial charge on any atom is -0.493 e. The Kier molecular flexibility index (Phi) is 4.88. The lowest BCUT2D eigenvalue weighted by Crippen LogP contribution is -2.29. The summed E-state index contributed by atoms with van der Waals surface area (Å²) >= 11 is 0. The molecule has 0 spiro atoms. The molecule has 0 fully saturated rings. The predicted molar refractivity (Wildman–Crippen MR) is 110 cm³/mol. The van der Waals surface area contributed by atoms with E-state index in [2.05, 4.69) is 5.32 Å². The minimum absolute atomic E-state index is 0.287. The number of nitrogens with zero attached hydrogens (tertiary/aromatic N) is 2. The van der Waals surface area contributed by atoms with Gasteiger partial charge in [-0.2, -0.15) is 0 Å². The van der Waals surface area contributed by atoms with Gasteiger partial charge in [0, 0.05) is 11.3 Å². The molecule has 0 saturated heterocycles. The number of methoxy groups -OCH3 is 2. The molecule has 7 nitrogen and oxygen atoms in total. The number of allylic oxidation sites excluding steroid dienone is 1. The average Bonchev–Trinajstić information content (AvgIpc) is 3.09. The van der Waals surface area contributed by atoms with Crippen LogP contribution in [0.4, 0.5) is 5.95 Å². The van der Waals surface area contributed by atoms with Gasteiger partial charge in [-0.15, -0.1) is 0 Å². The topological polar surface area (TPSA) is 74.6 Å². The van der Waals surface area contributed by atoms with Crippen molar-refractivity contribution in [3.63, 3.8) is 0 Å². The summed E-state index contributed by atoms with van der Waals surface area (Å²) in [4.78, 5) is 17.7. The zero-order chi connectivity index (χ0) is 20.5. The molecule has 0 aliphatic carbocycles. The Hall–Kier alpha value is -3.48. The Bertz CT molecular complexity index is 1120. The minimum atomic E-state index is -0.484. The normalized spacial score (nSPS) is 15.7. The molecule has 1 unspecified atom stereocenters. The van der Waals surface area contributed by atoms with Gasteiger partial charge >= 0.3 is 5.97 Å². The first-order valence-electron chi connectivity index (χ1n) is 9.43. The number of esters is 1. The molecule has 150 valence electrons. The fraction of sp³-hybridized carbons (Fsp3) is 0.273. The van der Waals surface area contributed by atoms with Crippen LogP contribution in [0.15, 0.2) is 53.7 Å². The number of imidazole rings is 1. The second-order valence-corrected chi connectivity index (χ2v) is 6.66. The molecule has 1 aliphatic heterocycles. The number of carbonyl (C=O) groups is 1. The van der Waals surface area contributed by atoms with Gasteiger partial charge in [0.05, 0.1) is 43.5 Å². The lowest BCUT2D eigenvalue weighted by molar-refractivity contribution is -0.139. The zero-order valence-corrected chi connectivity index (χ0v) is 16.9. The van der Waals surface area contributed by atoms with Gasteiger partial charge in [0.1, 0.15) is 0 Å². The molecule has 7 heteroatoms. The van der Waals surface area contributed by atoms with E-state index >= 15 is 0 Å². The lowest BCUT2D eigenvalue weighted by Gasteiger charge is -2.31. The Morgan fingerprint density at radius 1 is 1.14 bits per heavy atom. The van der Waals surface area contributed by atoms with Crippen molar-refractivity contribution in [2.45, 2.75) is 19.9 Å². The van der Waals surface area contributed by atoms with E-state index in [4.69, 9.17) is 19.2 Å². The van der Waals surface area contributed by atoms with E-state index in [0.29, 0.717) is 28.7 Å². The number of nitrogens with one attached hydrogen (secondary N) is 1. The van der Waals surface area contributed by atoms with Crippen LogP contribution in [0.1, 0.15) is 25.5 Å². The van der Waals surface area contributed by atoms with Crippen molar-refractivity contribution in [2.24, 2.45) is 0 Å². The monoisotopic (exact) mass is 393 g/mol. The van der Waals surface area contributed by atoms with Crippen LogP contribution in [0, 0.1) is 0 Å². The highest BCUT2D eigenvalue weighted by atomic mass is 16.5. The van der Waals surface area contributed by atoms with Gasteiger partial charge in [0.15, 0.2) is 11.5 Å². The third kappa shape index (κ3) is 2.99. The van der Waals surface area contributed by atoms with E-state index in [1.165, 1.54) is 0 Å². The van der Waals surface area contributed by atoms with Crippen molar-refractivity contribution in [3.8, 4) is 11.5 Å². The number of carbonyl (C=O) groups excluding carboxylic acids is 1. The molecule has 4 rings (SSSR count). The van der Waals surface area contributed by atoms with Crippen LogP contribution in [0.5, 0.6) is 11.5 Å². The van der Waals surface area contributed by atoms with E-state index in [-0.39, 0.29) is 12.6 Å². The van der Waals surface area contributed by atoms with E-state index < -0.39 is 6.04 Å². The van der Waals surface area contributed by atoms with Gasteiger partial charge in [-0.3, -0.25) is 4.57 Å². The van der Waals surface area contributed by atoms with Crippen LogP contribution >= 0.6 is 0 Å². The highest BCUT2D eigenvalue weighted by Gasteiger charge is 2.37. The fourth-order valence-corrected chi connectivity index (χ4v) is 3.86. The van der Waals surface area contributed by atoms with Crippen LogP contribution in [0.3, 0.4) is 0 Å². The van der Waals surface area contributed by atoms with Crippen LogP contribution in [-0.2, 0) is 9.53 Å². The predicted octanol–water partition coefficient (Wildman–Crippen LogP) is 3.91. The maximum absolute atomic E-state index is 13.0. The molecule has 1 N–H and O–H groups in total. The third-order valence-electron chi connectivity index (χ3n) is 5.05. The maximum atomic E-state index is 13.0. The molecule has 3 aromatic rings. The molecule has 1 atom stereocenters. The fourth-order valence-electron chi connectivity index (χ4n) is 3.86. The van der Waals surface area contributed by atoms with Gasteiger partial charge in [-0.25, -0.2) is 9.78 Å². The molecule has 0 bridgehead atoms. The Morgan fingerprint density at radius 3 is 2.66 bits per heavy atom. The Labute approximate surface area is 168 Å². The number of benzene rings is 2. The number of ether oxygens (including phenoxy) is 3. The summed E-state index contributed by atoms with van der Waals surface area (Å²) in [5, 5.41) is 3.26. The molecular formula is C22H23N3O4. The number of hydrogen-bond donors (Lipinski definition) is 1. The van der Waals surface area contributed by atoms with E-state index in [9.17, 15) is 4.79 Å². The highest BCUT2D eigenvalue weighted by Crippen LogP contribution is 2.45. The van der Waals surface area contributed by atoms with Crippen LogP contribution < -0.4 is 14.8 Å². The summed E-state index contributed by atoms with van der Waals surface area (Å²) in [6.07, 6.45) is 0. The van der Waals surface area contributed by atoms with E-state index in [1.54, 1.807) is 21.1 Å². The number of rotatable bonds is 5. The molecule has 2 aromatic carbocycles. The molecule has 29 heavy (non-hydrogen) atoms. The van der Waals surface area contributed by atoms with Gasteiger partial charge in [0.2, 0.25) is 5.95 Å². The van der Waals surface area contributed by atoms with Crippen LogP contribution in [0.25, 0.3) is 11.0 Å². The average molecular weight is 393 g/mol. The van der Waals surface area contributed by atoms with E-state index in [0.717, 1.165) is 16.6 Å². The van der Waals surface area contributed by atoms with Crippen molar-refractivity contribution >= 4 is 23.0 Å². The quantitative estimate of drug-likeness (QED) is 0.663. The summed E-state index contributed by atoms with van der Waals surface area (Å²) in [7, 11) is 3.19. The SMILES string of the molecule is CCOC(=O)C1=C(C)Nc2nc3ccccc3n2C1c1cccc(OC)c1OC. The molecule has 2 heterocycles. The summed E-state index contributed by atoms with van der Waals surface area (Å²) in [5.74, 6) is 1.44. The summed E-state index contributed by atoms with van der Waals surface area (Å²) in [5.41, 5.74) is 3.73. The second kappa shape index (κ2) is 7.50. The van der Waals surface area contributed by atoms with Crippen LogP contribution in [0.2, 0.25) is 0 Å². The molecule has 0 amide bonds.